The molecule has 0 heterocycles. The highest BCUT2D eigenvalue weighted by Crippen LogP contribution is 2.34. The van der Waals surface area contributed by atoms with Crippen LogP contribution in [0.15, 0.2) is 12.1 Å². The standard InChI is InChI=1S/C10H10ClNO5/c1-16-9-4-10(17-2)7(12(14)15)3-6(9)8(13)5-11/h3-4H,5H2,1-2H3. The molecule has 92 valence electrons. The van der Waals surface area contributed by atoms with Crippen molar-refractivity contribution in [3.63, 3.8) is 0 Å². The number of hydrogen-bond acceptors (Lipinski definition) is 5. The second-order valence-corrected chi connectivity index (χ2v) is 3.31. The van der Waals surface area contributed by atoms with Crippen molar-refractivity contribution in [2.45, 2.75) is 0 Å². The molecular weight excluding hydrogens is 250 g/mol. The Morgan fingerprint density at radius 3 is 2.35 bits per heavy atom. The SMILES string of the molecule is COc1cc(OC)c([N+](=O)[O-])cc1C(=O)CCl. The van der Waals surface area contributed by atoms with E-state index in [1.165, 1.54) is 20.3 Å². The maximum Gasteiger partial charge on any atom is 0.311 e. The molecule has 1 aromatic carbocycles. The normalized spacial score (nSPS) is 9.82. The molecule has 17 heavy (non-hydrogen) atoms. The number of Topliss-reactive ketones (excluding diaryl/α,β-unsaturated/α-hetero) is 1. The molecule has 1 rings (SSSR count). The van der Waals surface area contributed by atoms with Gasteiger partial charge in [0.2, 0.25) is 5.75 Å². The summed E-state index contributed by atoms with van der Waals surface area (Å²) in [6.45, 7) is 0. The number of methoxy groups -OCH3 is 2. The van der Waals surface area contributed by atoms with E-state index in [9.17, 15) is 14.9 Å². The number of carbonyl (C=O) groups excluding carboxylic acids is 1. The Bertz CT molecular complexity index is 460. The van der Waals surface area contributed by atoms with Crippen molar-refractivity contribution in [2.75, 3.05) is 20.1 Å². The number of nitro benzene ring substituents is 1. The number of benzene rings is 1. The van der Waals surface area contributed by atoms with Crippen molar-refractivity contribution >= 4 is 23.1 Å². The van der Waals surface area contributed by atoms with Gasteiger partial charge in [-0.05, 0) is 0 Å². The fourth-order valence-corrected chi connectivity index (χ4v) is 1.46. The van der Waals surface area contributed by atoms with Crippen LogP contribution < -0.4 is 9.47 Å². The highest BCUT2D eigenvalue weighted by atomic mass is 35.5. The van der Waals surface area contributed by atoms with E-state index in [2.05, 4.69) is 0 Å². The lowest BCUT2D eigenvalue weighted by Crippen LogP contribution is -2.05. The van der Waals surface area contributed by atoms with Crippen LogP contribution in [0.1, 0.15) is 10.4 Å². The molecule has 0 spiro atoms. The molecule has 0 aliphatic rings. The van der Waals surface area contributed by atoms with Gasteiger partial charge in [-0.3, -0.25) is 14.9 Å². The number of nitro groups is 1. The molecule has 0 unspecified atom stereocenters. The zero-order valence-electron chi connectivity index (χ0n) is 9.23. The van der Waals surface area contributed by atoms with Gasteiger partial charge in [0.05, 0.1) is 30.6 Å². The predicted octanol–water partition coefficient (Wildman–Crippen LogP) is 2.03. The van der Waals surface area contributed by atoms with Crippen LogP contribution in [0.4, 0.5) is 5.69 Å². The Hall–Kier alpha value is -1.82. The molecule has 0 aliphatic heterocycles. The summed E-state index contributed by atoms with van der Waals surface area (Å²) in [4.78, 5) is 21.6. The van der Waals surface area contributed by atoms with Gasteiger partial charge in [-0.2, -0.15) is 0 Å². The molecule has 0 atom stereocenters. The lowest BCUT2D eigenvalue weighted by molar-refractivity contribution is -0.385. The van der Waals surface area contributed by atoms with Crippen LogP contribution in [0.5, 0.6) is 11.5 Å². The molecule has 0 saturated heterocycles. The summed E-state index contributed by atoms with van der Waals surface area (Å²) in [5.74, 6) is -0.509. The quantitative estimate of drug-likeness (QED) is 0.350. The smallest absolute Gasteiger partial charge is 0.311 e. The molecule has 0 N–H and O–H groups in total. The van der Waals surface area contributed by atoms with Crippen LogP contribution in [0, 0.1) is 10.1 Å². The average molecular weight is 260 g/mol. The number of hydrogen-bond donors (Lipinski definition) is 0. The largest absolute Gasteiger partial charge is 0.496 e. The van der Waals surface area contributed by atoms with E-state index in [1.807, 2.05) is 0 Å². The van der Waals surface area contributed by atoms with Gasteiger partial charge >= 0.3 is 5.69 Å². The molecule has 0 amide bonds. The van der Waals surface area contributed by atoms with Gasteiger partial charge in [-0.25, -0.2) is 0 Å². The minimum atomic E-state index is -0.636. The number of nitrogens with zero attached hydrogens (tertiary/aromatic N) is 1. The van der Waals surface area contributed by atoms with Crippen molar-refractivity contribution < 1.29 is 19.2 Å². The van der Waals surface area contributed by atoms with Gasteiger partial charge in [-0.15, -0.1) is 11.6 Å². The molecule has 0 fully saturated rings. The minimum Gasteiger partial charge on any atom is -0.496 e. The van der Waals surface area contributed by atoms with Crippen LogP contribution in [0.25, 0.3) is 0 Å². The first-order valence-electron chi connectivity index (χ1n) is 4.54. The predicted molar refractivity (Wildman–Crippen MR) is 61.3 cm³/mol. The Morgan fingerprint density at radius 1 is 1.35 bits per heavy atom. The van der Waals surface area contributed by atoms with Crippen molar-refractivity contribution in [1.29, 1.82) is 0 Å². The summed E-state index contributed by atoms with van der Waals surface area (Å²) in [7, 11) is 2.65. The van der Waals surface area contributed by atoms with Crippen molar-refractivity contribution in [3.8, 4) is 11.5 Å². The summed E-state index contributed by atoms with van der Waals surface area (Å²) in [6.07, 6.45) is 0. The van der Waals surface area contributed by atoms with E-state index in [4.69, 9.17) is 21.1 Å². The van der Waals surface area contributed by atoms with Crippen molar-refractivity contribution in [2.24, 2.45) is 0 Å². The van der Waals surface area contributed by atoms with E-state index in [1.54, 1.807) is 0 Å². The summed E-state index contributed by atoms with van der Waals surface area (Å²) in [6, 6.07) is 2.39. The van der Waals surface area contributed by atoms with Crippen LogP contribution in [-0.2, 0) is 0 Å². The first kappa shape index (κ1) is 13.2. The summed E-state index contributed by atoms with van der Waals surface area (Å²) in [5, 5.41) is 10.8. The third-order valence-corrected chi connectivity index (χ3v) is 2.36. The average Bonchev–Trinajstić information content (AvgIpc) is 2.35. The third-order valence-electron chi connectivity index (χ3n) is 2.12. The van der Waals surface area contributed by atoms with Crippen molar-refractivity contribution in [3.05, 3.63) is 27.8 Å². The topological polar surface area (TPSA) is 78.7 Å². The van der Waals surface area contributed by atoms with Gasteiger partial charge in [0.1, 0.15) is 5.75 Å². The molecule has 0 radical (unpaired) electrons. The monoisotopic (exact) mass is 259 g/mol. The van der Waals surface area contributed by atoms with E-state index in [0.717, 1.165) is 6.07 Å². The third kappa shape index (κ3) is 2.65. The minimum absolute atomic E-state index is 0.0259. The fourth-order valence-electron chi connectivity index (χ4n) is 1.31. The van der Waals surface area contributed by atoms with Crippen molar-refractivity contribution in [1.82, 2.24) is 0 Å². The zero-order valence-corrected chi connectivity index (χ0v) is 9.98. The Labute approximate surface area is 102 Å². The zero-order chi connectivity index (χ0) is 13.0. The Morgan fingerprint density at radius 2 is 1.94 bits per heavy atom. The van der Waals surface area contributed by atoms with Crippen LogP contribution >= 0.6 is 11.6 Å². The molecule has 1 aromatic rings. The molecule has 0 saturated carbocycles. The van der Waals surface area contributed by atoms with Gasteiger partial charge in [-0.1, -0.05) is 0 Å². The first-order chi connectivity index (χ1) is 8.04. The van der Waals surface area contributed by atoms with E-state index < -0.39 is 10.7 Å². The van der Waals surface area contributed by atoms with Crippen LogP contribution in [0.2, 0.25) is 0 Å². The van der Waals surface area contributed by atoms with E-state index in [-0.39, 0.29) is 28.6 Å². The number of rotatable bonds is 5. The lowest BCUT2D eigenvalue weighted by atomic mass is 10.1. The molecule has 7 heteroatoms. The van der Waals surface area contributed by atoms with Gasteiger partial charge in [0.25, 0.3) is 0 Å². The van der Waals surface area contributed by atoms with Crippen LogP contribution in [-0.4, -0.2) is 30.8 Å². The number of alkyl halides is 1. The fraction of sp³-hybridized carbons (Fsp3) is 0.300. The maximum absolute atomic E-state index is 11.5. The number of ketones is 1. The highest BCUT2D eigenvalue weighted by molar-refractivity contribution is 6.30. The van der Waals surface area contributed by atoms with Gasteiger partial charge in [0, 0.05) is 12.1 Å². The summed E-state index contributed by atoms with van der Waals surface area (Å²) < 4.78 is 9.82. The Kier molecular flexibility index (Phi) is 4.28. The number of halogens is 1. The summed E-state index contributed by atoms with van der Waals surface area (Å²) in [5.41, 5.74) is -0.239. The summed E-state index contributed by atoms with van der Waals surface area (Å²) >= 11 is 5.41. The maximum atomic E-state index is 11.5. The lowest BCUT2D eigenvalue weighted by Gasteiger charge is -2.09. The number of ether oxygens (including phenoxy) is 2. The second-order valence-electron chi connectivity index (χ2n) is 3.04. The van der Waals surface area contributed by atoms with Gasteiger partial charge < -0.3 is 9.47 Å². The van der Waals surface area contributed by atoms with Gasteiger partial charge in [0.15, 0.2) is 5.78 Å². The molecule has 0 aromatic heterocycles. The molecule has 0 aliphatic carbocycles. The van der Waals surface area contributed by atoms with Crippen LogP contribution in [0.3, 0.4) is 0 Å². The second kappa shape index (κ2) is 5.49. The molecule has 0 bridgehead atoms. The first-order valence-corrected chi connectivity index (χ1v) is 5.08. The van der Waals surface area contributed by atoms with E-state index in [0.29, 0.717) is 0 Å². The van der Waals surface area contributed by atoms with E-state index >= 15 is 0 Å². The molecule has 6 nitrogen and oxygen atoms in total. The highest BCUT2D eigenvalue weighted by Gasteiger charge is 2.22. The Balaban J connectivity index is 3.44. The number of carbonyl (C=O) groups is 1. The molecular formula is C10H10ClNO5.